The summed E-state index contributed by atoms with van der Waals surface area (Å²) in [4.78, 5) is 23.7. The molecule has 0 aromatic carbocycles. The van der Waals surface area contributed by atoms with E-state index in [9.17, 15) is 30.0 Å². The molecule has 0 saturated heterocycles. The highest BCUT2D eigenvalue weighted by Gasteiger charge is 2.35. The molecule has 8 heteroatoms. The molecule has 0 saturated carbocycles. The topological polar surface area (TPSA) is 145 Å². The standard InChI is InChI=1S/C26H38O8/c1-16(11-12-19-18(3)10-7-13-26(19,4)5)8-6-9-17(2)14-21(29)34-25(33)24(32)23(31)22(30)20(28)15-27/h6,8-9,11-12,14,20,22-24,27-28,30-32H,7,10,13,15H2,1-5H3/b9-6+,12-11+,16-8+,17-14+/t20-,22-,23+,24-/m1/s1. The molecule has 4 atom stereocenters. The minimum atomic E-state index is -2.28. The second kappa shape index (κ2) is 13.5. The third kappa shape index (κ3) is 9.12. The quantitative estimate of drug-likeness (QED) is 0.139. The first-order chi connectivity index (χ1) is 15.8. The van der Waals surface area contributed by atoms with Crippen molar-refractivity contribution in [1.82, 2.24) is 0 Å². The molecular weight excluding hydrogens is 440 g/mol. The van der Waals surface area contributed by atoms with Crippen LogP contribution in [0.15, 0.2) is 58.7 Å². The van der Waals surface area contributed by atoms with E-state index in [0.29, 0.717) is 5.57 Å². The summed E-state index contributed by atoms with van der Waals surface area (Å²) in [6.07, 6.45) is 5.80. The minimum Gasteiger partial charge on any atom is -0.394 e. The molecule has 0 unspecified atom stereocenters. The zero-order valence-corrected chi connectivity index (χ0v) is 20.6. The first-order valence-electron chi connectivity index (χ1n) is 11.3. The van der Waals surface area contributed by atoms with Gasteiger partial charge in [-0.25, -0.2) is 9.59 Å². The van der Waals surface area contributed by atoms with Gasteiger partial charge in [0.15, 0.2) is 6.10 Å². The molecule has 0 aliphatic heterocycles. The number of aliphatic hydroxyl groups excluding tert-OH is 5. The van der Waals surface area contributed by atoms with E-state index < -0.39 is 43.0 Å². The molecule has 1 aliphatic rings. The number of allylic oxidation sites excluding steroid dienone is 9. The number of carbonyl (C=O) groups excluding carboxylic acids is 2. The molecule has 34 heavy (non-hydrogen) atoms. The molecule has 1 rings (SSSR count). The lowest BCUT2D eigenvalue weighted by atomic mass is 9.72. The van der Waals surface area contributed by atoms with Crippen molar-refractivity contribution in [3.05, 3.63) is 58.7 Å². The van der Waals surface area contributed by atoms with E-state index >= 15 is 0 Å². The van der Waals surface area contributed by atoms with Gasteiger partial charge in [0.25, 0.3) is 0 Å². The summed E-state index contributed by atoms with van der Waals surface area (Å²) in [5, 5.41) is 46.9. The monoisotopic (exact) mass is 478 g/mol. The van der Waals surface area contributed by atoms with Crippen LogP contribution in [-0.4, -0.2) is 68.5 Å². The molecule has 0 amide bonds. The van der Waals surface area contributed by atoms with Gasteiger partial charge in [0.05, 0.1) is 6.61 Å². The molecule has 5 N–H and O–H groups in total. The summed E-state index contributed by atoms with van der Waals surface area (Å²) < 4.78 is 4.45. The van der Waals surface area contributed by atoms with E-state index in [2.05, 4.69) is 37.7 Å². The number of hydrogen-bond acceptors (Lipinski definition) is 8. The number of aliphatic hydroxyl groups is 5. The molecule has 0 heterocycles. The van der Waals surface area contributed by atoms with Crippen molar-refractivity contribution in [3.8, 4) is 0 Å². The Hall–Kier alpha value is -2.36. The van der Waals surface area contributed by atoms with Gasteiger partial charge in [-0.15, -0.1) is 0 Å². The fourth-order valence-electron chi connectivity index (χ4n) is 3.72. The van der Waals surface area contributed by atoms with E-state index in [-0.39, 0.29) is 5.41 Å². The first kappa shape index (κ1) is 29.7. The second-order valence-electron chi connectivity index (χ2n) is 9.34. The smallest absolute Gasteiger partial charge is 0.345 e. The average molecular weight is 479 g/mol. The van der Waals surface area contributed by atoms with Gasteiger partial charge in [0.2, 0.25) is 0 Å². The number of ether oxygens (including phenoxy) is 1. The Balaban J connectivity index is 2.70. The van der Waals surface area contributed by atoms with Crippen LogP contribution in [0.25, 0.3) is 0 Å². The maximum Gasteiger partial charge on any atom is 0.345 e. The maximum absolute atomic E-state index is 11.9. The summed E-state index contributed by atoms with van der Waals surface area (Å²) in [6.45, 7) is 9.38. The Bertz CT molecular complexity index is 875. The lowest BCUT2D eigenvalue weighted by molar-refractivity contribution is -0.174. The van der Waals surface area contributed by atoms with Crippen molar-refractivity contribution in [2.45, 2.75) is 78.3 Å². The fourth-order valence-corrected chi connectivity index (χ4v) is 3.72. The van der Waals surface area contributed by atoms with Crippen LogP contribution >= 0.6 is 0 Å². The predicted molar refractivity (Wildman–Crippen MR) is 128 cm³/mol. The normalized spacial score (nSPS) is 21.0. The second-order valence-corrected chi connectivity index (χ2v) is 9.34. The molecule has 0 aromatic heterocycles. The van der Waals surface area contributed by atoms with Crippen LogP contribution in [0.4, 0.5) is 0 Å². The number of esters is 2. The van der Waals surface area contributed by atoms with Crippen LogP contribution in [0.2, 0.25) is 0 Å². The van der Waals surface area contributed by atoms with Gasteiger partial charge in [0, 0.05) is 6.08 Å². The lowest BCUT2D eigenvalue weighted by Crippen LogP contribution is -2.49. The third-order valence-electron chi connectivity index (χ3n) is 5.82. The van der Waals surface area contributed by atoms with E-state index in [1.54, 1.807) is 19.1 Å². The molecule has 0 radical (unpaired) electrons. The van der Waals surface area contributed by atoms with Gasteiger partial charge in [0.1, 0.15) is 18.3 Å². The van der Waals surface area contributed by atoms with Crippen LogP contribution in [0.3, 0.4) is 0 Å². The molecule has 190 valence electrons. The van der Waals surface area contributed by atoms with Crippen molar-refractivity contribution < 1.29 is 39.9 Å². The Morgan fingerprint density at radius 1 is 1.06 bits per heavy atom. The lowest BCUT2D eigenvalue weighted by Gasteiger charge is -2.32. The highest BCUT2D eigenvalue weighted by atomic mass is 16.6. The summed E-state index contributed by atoms with van der Waals surface area (Å²) in [5.74, 6) is -2.57. The number of hydrogen-bond donors (Lipinski definition) is 5. The molecule has 1 aliphatic carbocycles. The summed E-state index contributed by atoms with van der Waals surface area (Å²) >= 11 is 0. The van der Waals surface area contributed by atoms with Gasteiger partial charge >= 0.3 is 11.9 Å². The summed E-state index contributed by atoms with van der Waals surface area (Å²) in [5.41, 5.74) is 4.43. The van der Waals surface area contributed by atoms with Crippen LogP contribution < -0.4 is 0 Å². The molecule has 0 spiro atoms. The fraction of sp³-hybridized carbons (Fsp3) is 0.538. The largest absolute Gasteiger partial charge is 0.394 e. The SMILES string of the molecule is CC1=C(/C=C/C(C)=C/C=C/C(C)=C/C(=O)OC(=O)[C@H](O)[C@@H](O)[C@H](O)[C@H](O)CO)C(C)(C)CCC1. The Kier molecular flexibility index (Phi) is 11.8. The molecule has 0 bridgehead atoms. The van der Waals surface area contributed by atoms with Crippen molar-refractivity contribution >= 4 is 11.9 Å². The van der Waals surface area contributed by atoms with Gasteiger partial charge in [-0.1, -0.05) is 55.4 Å². The molecule has 8 nitrogen and oxygen atoms in total. The first-order valence-corrected chi connectivity index (χ1v) is 11.3. The minimum absolute atomic E-state index is 0.159. The molecular formula is C26H38O8. The zero-order chi connectivity index (χ0) is 26.1. The van der Waals surface area contributed by atoms with Crippen molar-refractivity contribution in [1.29, 1.82) is 0 Å². The van der Waals surface area contributed by atoms with Crippen molar-refractivity contribution in [2.24, 2.45) is 5.41 Å². The maximum atomic E-state index is 11.9. The van der Waals surface area contributed by atoms with Crippen LogP contribution in [-0.2, 0) is 14.3 Å². The highest BCUT2D eigenvalue weighted by molar-refractivity contribution is 5.94. The Labute approximate surface area is 201 Å². The van der Waals surface area contributed by atoms with E-state index in [1.165, 1.54) is 17.6 Å². The van der Waals surface area contributed by atoms with Crippen molar-refractivity contribution in [3.63, 3.8) is 0 Å². The Morgan fingerprint density at radius 2 is 1.71 bits per heavy atom. The number of carbonyl (C=O) groups is 2. The van der Waals surface area contributed by atoms with E-state index in [1.807, 2.05) is 13.0 Å². The van der Waals surface area contributed by atoms with Gasteiger partial charge in [-0.2, -0.15) is 0 Å². The zero-order valence-electron chi connectivity index (χ0n) is 20.6. The van der Waals surface area contributed by atoms with Gasteiger partial charge in [-0.3, -0.25) is 0 Å². The molecule has 0 aromatic rings. The Morgan fingerprint density at radius 3 is 2.29 bits per heavy atom. The summed E-state index contributed by atoms with van der Waals surface area (Å²) in [6, 6.07) is 0. The van der Waals surface area contributed by atoms with Crippen molar-refractivity contribution in [2.75, 3.05) is 6.61 Å². The third-order valence-corrected chi connectivity index (χ3v) is 5.82. The number of rotatable bonds is 10. The predicted octanol–water partition coefficient (Wildman–Crippen LogP) is 2.02. The molecule has 0 fully saturated rings. The summed E-state index contributed by atoms with van der Waals surface area (Å²) in [7, 11) is 0. The van der Waals surface area contributed by atoms with Crippen LogP contribution in [0, 0.1) is 5.41 Å². The average Bonchev–Trinajstić information content (AvgIpc) is 2.75. The van der Waals surface area contributed by atoms with E-state index in [4.69, 9.17) is 5.11 Å². The highest BCUT2D eigenvalue weighted by Crippen LogP contribution is 2.40. The van der Waals surface area contributed by atoms with Crippen LogP contribution in [0.5, 0.6) is 0 Å². The van der Waals surface area contributed by atoms with Gasteiger partial charge in [-0.05, 0) is 56.6 Å². The van der Waals surface area contributed by atoms with Gasteiger partial charge < -0.3 is 30.3 Å². The van der Waals surface area contributed by atoms with E-state index in [0.717, 1.165) is 24.5 Å². The van der Waals surface area contributed by atoms with Crippen LogP contribution in [0.1, 0.15) is 53.9 Å².